The van der Waals surface area contributed by atoms with Gasteiger partial charge in [0.1, 0.15) is 16.1 Å². The van der Waals surface area contributed by atoms with Crippen LogP contribution in [0.1, 0.15) is 26.6 Å². The van der Waals surface area contributed by atoms with Crippen LogP contribution in [0.4, 0.5) is 0 Å². The quantitative estimate of drug-likeness (QED) is 0.613. The summed E-state index contributed by atoms with van der Waals surface area (Å²) in [6.07, 6.45) is 0.632. The summed E-state index contributed by atoms with van der Waals surface area (Å²) < 4.78 is 6.05. The van der Waals surface area contributed by atoms with Crippen molar-refractivity contribution in [3.63, 3.8) is 0 Å². The SMILES string of the molecule is CC(C)(C)[Si](C)(C)OCCc1nc(Cl)cc(Cl)n1. The van der Waals surface area contributed by atoms with Crippen LogP contribution in [-0.2, 0) is 10.8 Å². The molecule has 0 amide bonds. The molecule has 102 valence electrons. The van der Waals surface area contributed by atoms with Crippen LogP contribution in [0.3, 0.4) is 0 Å². The number of hydrogen-bond donors (Lipinski definition) is 0. The average Bonchev–Trinajstić information content (AvgIpc) is 2.13. The molecule has 0 atom stereocenters. The van der Waals surface area contributed by atoms with Gasteiger partial charge in [0.2, 0.25) is 0 Å². The summed E-state index contributed by atoms with van der Waals surface area (Å²) in [7, 11) is -1.71. The minimum Gasteiger partial charge on any atom is -0.416 e. The Morgan fingerprint density at radius 1 is 1.17 bits per heavy atom. The lowest BCUT2D eigenvalue weighted by Gasteiger charge is -2.36. The summed E-state index contributed by atoms with van der Waals surface area (Å²) in [5.41, 5.74) is 0. The molecule has 0 unspecified atom stereocenters. The first kappa shape index (κ1) is 15.9. The Balaban J connectivity index is 2.57. The number of rotatable bonds is 4. The molecule has 1 aromatic rings. The fourth-order valence-electron chi connectivity index (χ4n) is 1.16. The standard InChI is InChI=1S/C12H20Cl2N2OSi/c1-12(2,3)18(4,5)17-7-6-11-15-9(13)8-10(14)16-11/h8H,6-7H2,1-5H3. The monoisotopic (exact) mass is 306 g/mol. The van der Waals surface area contributed by atoms with Gasteiger partial charge in [-0.15, -0.1) is 0 Å². The highest BCUT2D eigenvalue weighted by Crippen LogP contribution is 2.36. The average molecular weight is 307 g/mol. The van der Waals surface area contributed by atoms with Gasteiger partial charge >= 0.3 is 0 Å². The van der Waals surface area contributed by atoms with Crippen molar-refractivity contribution in [1.29, 1.82) is 0 Å². The number of hydrogen-bond acceptors (Lipinski definition) is 3. The van der Waals surface area contributed by atoms with Gasteiger partial charge in [0, 0.05) is 19.1 Å². The van der Waals surface area contributed by atoms with Crippen LogP contribution in [0.2, 0.25) is 28.4 Å². The van der Waals surface area contributed by atoms with Crippen LogP contribution in [-0.4, -0.2) is 24.9 Å². The van der Waals surface area contributed by atoms with Crippen LogP contribution in [0, 0.1) is 0 Å². The third kappa shape index (κ3) is 4.50. The lowest BCUT2D eigenvalue weighted by Crippen LogP contribution is -2.41. The first-order valence-electron chi connectivity index (χ1n) is 5.95. The van der Waals surface area contributed by atoms with E-state index >= 15 is 0 Å². The third-order valence-electron chi connectivity index (χ3n) is 3.30. The fraction of sp³-hybridized carbons (Fsp3) is 0.667. The van der Waals surface area contributed by atoms with Crippen LogP contribution >= 0.6 is 23.2 Å². The minimum absolute atomic E-state index is 0.208. The van der Waals surface area contributed by atoms with Crippen molar-refractivity contribution < 1.29 is 4.43 Å². The van der Waals surface area contributed by atoms with E-state index in [1.165, 1.54) is 6.07 Å². The minimum atomic E-state index is -1.71. The van der Waals surface area contributed by atoms with Crippen molar-refractivity contribution in [3.05, 3.63) is 22.2 Å². The summed E-state index contributed by atoms with van der Waals surface area (Å²) >= 11 is 11.6. The molecule has 0 spiro atoms. The van der Waals surface area contributed by atoms with Gasteiger partial charge in [0.25, 0.3) is 0 Å². The first-order valence-corrected chi connectivity index (χ1v) is 9.61. The summed E-state index contributed by atoms with van der Waals surface area (Å²) in [6, 6.07) is 1.53. The Kier molecular flexibility index (Phi) is 5.18. The van der Waals surface area contributed by atoms with E-state index in [2.05, 4.69) is 43.8 Å². The summed E-state index contributed by atoms with van der Waals surface area (Å²) in [4.78, 5) is 8.24. The van der Waals surface area contributed by atoms with E-state index < -0.39 is 8.32 Å². The topological polar surface area (TPSA) is 35.0 Å². The van der Waals surface area contributed by atoms with Gasteiger partial charge in [-0.3, -0.25) is 0 Å². The van der Waals surface area contributed by atoms with Gasteiger partial charge in [-0.25, -0.2) is 9.97 Å². The van der Waals surface area contributed by atoms with E-state index in [9.17, 15) is 0 Å². The van der Waals surface area contributed by atoms with Gasteiger partial charge in [0.15, 0.2) is 8.32 Å². The molecule has 0 aromatic carbocycles. The highest BCUT2D eigenvalue weighted by Gasteiger charge is 2.36. The molecule has 6 heteroatoms. The predicted octanol–water partition coefficient (Wildman–Crippen LogP) is 4.35. The molecule has 0 fully saturated rings. The van der Waals surface area contributed by atoms with Gasteiger partial charge in [0.05, 0.1) is 0 Å². The van der Waals surface area contributed by atoms with Gasteiger partial charge in [-0.1, -0.05) is 44.0 Å². The van der Waals surface area contributed by atoms with E-state index in [0.29, 0.717) is 29.2 Å². The van der Waals surface area contributed by atoms with Crippen LogP contribution in [0.25, 0.3) is 0 Å². The van der Waals surface area contributed by atoms with E-state index in [1.807, 2.05) is 0 Å². The molecular weight excluding hydrogens is 287 g/mol. The Bertz CT molecular complexity index is 399. The molecule has 0 N–H and O–H groups in total. The van der Waals surface area contributed by atoms with Gasteiger partial charge in [-0.2, -0.15) is 0 Å². The predicted molar refractivity (Wildman–Crippen MR) is 78.9 cm³/mol. The number of aromatic nitrogens is 2. The number of nitrogens with zero attached hydrogens (tertiary/aromatic N) is 2. The summed E-state index contributed by atoms with van der Waals surface area (Å²) in [6.45, 7) is 11.7. The normalized spacial score (nSPS) is 12.8. The second-order valence-electron chi connectivity index (χ2n) is 5.79. The first-order chi connectivity index (χ1) is 8.12. The molecule has 0 bridgehead atoms. The second kappa shape index (κ2) is 5.86. The molecule has 1 heterocycles. The second-order valence-corrected chi connectivity index (χ2v) is 11.4. The molecule has 1 rings (SSSR count). The molecule has 0 radical (unpaired) electrons. The Labute approximate surface area is 120 Å². The van der Waals surface area contributed by atoms with Crippen molar-refractivity contribution in [2.75, 3.05) is 6.61 Å². The van der Waals surface area contributed by atoms with Crippen molar-refractivity contribution in [1.82, 2.24) is 9.97 Å². The van der Waals surface area contributed by atoms with Gasteiger partial charge in [-0.05, 0) is 18.1 Å². The molecule has 18 heavy (non-hydrogen) atoms. The van der Waals surface area contributed by atoms with Crippen molar-refractivity contribution in [3.8, 4) is 0 Å². The highest BCUT2D eigenvalue weighted by molar-refractivity contribution is 6.74. The molecule has 3 nitrogen and oxygen atoms in total. The van der Waals surface area contributed by atoms with E-state index in [4.69, 9.17) is 27.6 Å². The van der Waals surface area contributed by atoms with E-state index in [-0.39, 0.29) is 5.04 Å². The lowest BCUT2D eigenvalue weighted by atomic mass is 10.2. The maximum Gasteiger partial charge on any atom is 0.191 e. The smallest absolute Gasteiger partial charge is 0.191 e. The molecule has 1 aromatic heterocycles. The molecule has 0 aliphatic rings. The molecule has 0 aliphatic carbocycles. The maximum atomic E-state index is 6.05. The molecule has 0 saturated carbocycles. The number of halogens is 2. The zero-order valence-corrected chi connectivity index (χ0v) is 14.1. The molecular formula is C12H20Cl2N2OSi. The molecule has 0 saturated heterocycles. The largest absolute Gasteiger partial charge is 0.416 e. The Morgan fingerprint density at radius 3 is 2.11 bits per heavy atom. The zero-order valence-electron chi connectivity index (χ0n) is 11.6. The summed E-state index contributed by atoms with van der Waals surface area (Å²) in [5, 5.41) is 0.953. The van der Waals surface area contributed by atoms with E-state index in [0.717, 1.165) is 0 Å². The Hall–Kier alpha value is -0.163. The Morgan fingerprint density at radius 2 is 1.67 bits per heavy atom. The van der Waals surface area contributed by atoms with Crippen molar-refractivity contribution in [2.45, 2.75) is 45.3 Å². The third-order valence-corrected chi connectivity index (χ3v) is 8.23. The van der Waals surface area contributed by atoms with E-state index in [1.54, 1.807) is 0 Å². The highest BCUT2D eigenvalue weighted by atomic mass is 35.5. The fourth-order valence-corrected chi connectivity index (χ4v) is 2.66. The van der Waals surface area contributed by atoms with Crippen molar-refractivity contribution in [2.24, 2.45) is 0 Å². The van der Waals surface area contributed by atoms with Crippen molar-refractivity contribution >= 4 is 31.5 Å². The zero-order chi connectivity index (χ0) is 14.0. The maximum absolute atomic E-state index is 6.05. The van der Waals surface area contributed by atoms with Crippen LogP contribution < -0.4 is 0 Å². The molecule has 0 aliphatic heterocycles. The van der Waals surface area contributed by atoms with Crippen LogP contribution in [0.15, 0.2) is 6.07 Å². The van der Waals surface area contributed by atoms with Gasteiger partial charge < -0.3 is 4.43 Å². The van der Waals surface area contributed by atoms with Crippen LogP contribution in [0.5, 0.6) is 0 Å². The lowest BCUT2D eigenvalue weighted by molar-refractivity contribution is 0.289. The summed E-state index contributed by atoms with van der Waals surface area (Å²) in [5.74, 6) is 0.631.